The minimum absolute atomic E-state index is 0.0233. The highest BCUT2D eigenvalue weighted by molar-refractivity contribution is 7.99. The van der Waals surface area contributed by atoms with E-state index in [1.807, 2.05) is 54.6 Å². The lowest BCUT2D eigenvalue weighted by Gasteiger charge is -2.16. The van der Waals surface area contributed by atoms with E-state index in [0.29, 0.717) is 18.1 Å². The molecule has 0 spiro atoms. The average Bonchev–Trinajstić information content (AvgIpc) is 3.24. The maximum absolute atomic E-state index is 12.4. The van der Waals surface area contributed by atoms with Gasteiger partial charge in [0.05, 0.1) is 5.69 Å². The van der Waals surface area contributed by atoms with Crippen molar-refractivity contribution in [1.82, 2.24) is 19.7 Å². The molecule has 162 valence electrons. The molecule has 2 aromatic heterocycles. The third-order valence-electron chi connectivity index (χ3n) is 4.97. The lowest BCUT2D eigenvalue weighted by Crippen LogP contribution is -2.12. The Bertz CT molecular complexity index is 1180. The Balaban J connectivity index is 1.59. The average molecular weight is 444 g/mol. The zero-order valence-electron chi connectivity index (χ0n) is 18.1. The van der Waals surface area contributed by atoms with E-state index in [0.717, 1.165) is 27.9 Å². The molecule has 2 aromatic carbocycles. The molecule has 6 nitrogen and oxygen atoms in total. The Labute approximate surface area is 192 Å². The second kappa shape index (κ2) is 10.2. The van der Waals surface area contributed by atoms with Crippen LogP contribution in [-0.4, -0.2) is 31.4 Å². The first-order chi connectivity index (χ1) is 15.6. The highest BCUT2D eigenvalue weighted by Gasteiger charge is 2.19. The summed E-state index contributed by atoms with van der Waals surface area (Å²) in [4.78, 5) is 16.6. The zero-order chi connectivity index (χ0) is 22.3. The van der Waals surface area contributed by atoms with Gasteiger partial charge in [0.1, 0.15) is 0 Å². The van der Waals surface area contributed by atoms with Gasteiger partial charge >= 0.3 is 0 Å². The third kappa shape index (κ3) is 5.06. The molecular formula is C25H25N5OS. The number of hydrogen-bond donors (Lipinski definition) is 1. The van der Waals surface area contributed by atoms with E-state index in [4.69, 9.17) is 0 Å². The van der Waals surface area contributed by atoms with Gasteiger partial charge in [0.2, 0.25) is 5.91 Å². The fraction of sp³-hybridized carbons (Fsp3) is 0.200. The summed E-state index contributed by atoms with van der Waals surface area (Å²) >= 11 is 1.52. The summed E-state index contributed by atoms with van der Waals surface area (Å²) in [6, 6.07) is 21.7. The largest absolute Gasteiger partial charge is 0.326 e. The Morgan fingerprint density at radius 2 is 1.78 bits per heavy atom. The van der Waals surface area contributed by atoms with Crippen LogP contribution in [0.2, 0.25) is 0 Å². The Morgan fingerprint density at radius 3 is 2.53 bits per heavy atom. The maximum atomic E-state index is 12.4. The van der Waals surface area contributed by atoms with E-state index in [2.05, 4.69) is 51.0 Å². The van der Waals surface area contributed by atoms with E-state index >= 15 is 0 Å². The van der Waals surface area contributed by atoms with Crippen molar-refractivity contribution in [2.24, 2.45) is 0 Å². The molecular weight excluding hydrogens is 418 g/mol. The summed E-state index contributed by atoms with van der Waals surface area (Å²) in [5, 5.41) is 12.6. The van der Waals surface area contributed by atoms with Gasteiger partial charge in [-0.25, -0.2) is 0 Å². The van der Waals surface area contributed by atoms with E-state index in [9.17, 15) is 4.79 Å². The maximum Gasteiger partial charge on any atom is 0.225 e. The van der Waals surface area contributed by atoms with Gasteiger partial charge in [-0.3, -0.25) is 14.3 Å². The molecule has 0 bridgehead atoms. The number of benzene rings is 2. The van der Waals surface area contributed by atoms with Crippen LogP contribution in [0.4, 0.5) is 5.69 Å². The quantitative estimate of drug-likeness (QED) is 0.360. The van der Waals surface area contributed by atoms with E-state index in [-0.39, 0.29) is 5.91 Å². The van der Waals surface area contributed by atoms with Crippen molar-refractivity contribution in [2.75, 3.05) is 11.1 Å². The van der Waals surface area contributed by atoms with Gasteiger partial charge in [-0.15, -0.1) is 10.2 Å². The molecule has 0 saturated heterocycles. The van der Waals surface area contributed by atoms with Crippen LogP contribution in [0.5, 0.6) is 0 Å². The molecule has 4 aromatic rings. The summed E-state index contributed by atoms with van der Waals surface area (Å²) in [6.07, 6.45) is 3.91. The Morgan fingerprint density at radius 1 is 1.00 bits per heavy atom. The predicted molar refractivity (Wildman–Crippen MR) is 129 cm³/mol. The predicted octanol–water partition coefficient (Wildman–Crippen LogP) is 5.57. The fourth-order valence-electron chi connectivity index (χ4n) is 3.42. The number of carbonyl (C=O) groups excluding carboxylic acids is 1. The van der Waals surface area contributed by atoms with Crippen LogP contribution in [0.25, 0.3) is 17.1 Å². The number of nitrogens with one attached hydrogen (secondary N) is 1. The fourth-order valence-corrected chi connectivity index (χ4v) is 4.30. The van der Waals surface area contributed by atoms with Crippen molar-refractivity contribution in [3.8, 4) is 17.1 Å². The SMILES string of the molecule is CC(C)c1ccccc1-n1c(SCCC(=O)Nc2ccccc2)nnc1-c1cccnc1. The van der Waals surface area contributed by atoms with Gasteiger partial charge in [-0.1, -0.05) is 62.0 Å². The summed E-state index contributed by atoms with van der Waals surface area (Å²) in [5.74, 6) is 1.64. The zero-order valence-corrected chi connectivity index (χ0v) is 18.9. The highest BCUT2D eigenvalue weighted by atomic mass is 32.2. The van der Waals surface area contributed by atoms with Gasteiger partial charge in [0, 0.05) is 35.8 Å². The monoisotopic (exact) mass is 443 g/mol. The number of hydrogen-bond acceptors (Lipinski definition) is 5. The molecule has 1 amide bonds. The first-order valence-electron chi connectivity index (χ1n) is 10.6. The molecule has 0 unspecified atom stereocenters. The number of rotatable bonds is 8. The standard InChI is InChI=1S/C25H25N5OS/c1-18(2)21-12-6-7-13-22(21)30-24(19-9-8-15-26-17-19)28-29-25(30)32-16-14-23(31)27-20-10-4-3-5-11-20/h3-13,15,17-18H,14,16H2,1-2H3,(H,27,31). The lowest BCUT2D eigenvalue weighted by molar-refractivity contribution is -0.115. The molecule has 0 aliphatic heterocycles. The molecule has 1 N–H and O–H groups in total. The number of amides is 1. The van der Waals surface area contributed by atoms with Gasteiger partial charge < -0.3 is 5.32 Å². The van der Waals surface area contributed by atoms with Gasteiger partial charge in [-0.05, 0) is 41.8 Å². The van der Waals surface area contributed by atoms with E-state index in [1.165, 1.54) is 17.3 Å². The van der Waals surface area contributed by atoms with E-state index < -0.39 is 0 Å². The molecule has 7 heteroatoms. The molecule has 0 atom stereocenters. The minimum Gasteiger partial charge on any atom is -0.326 e. The van der Waals surface area contributed by atoms with Crippen LogP contribution in [0.1, 0.15) is 31.7 Å². The molecule has 0 saturated carbocycles. The topological polar surface area (TPSA) is 72.7 Å². The molecule has 0 radical (unpaired) electrons. The summed E-state index contributed by atoms with van der Waals surface area (Å²) in [5.41, 5.74) is 3.95. The smallest absolute Gasteiger partial charge is 0.225 e. The van der Waals surface area contributed by atoms with Crippen LogP contribution >= 0.6 is 11.8 Å². The number of thioether (sulfide) groups is 1. The molecule has 0 fully saturated rings. The first-order valence-corrected chi connectivity index (χ1v) is 11.5. The molecule has 2 heterocycles. The summed E-state index contributed by atoms with van der Waals surface area (Å²) < 4.78 is 2.08. The lowest BCUT2D eigenvalue weighted by atomic mass is 10.0. The van der Waals surface area contributed by atoms with Gasteiger partial charge in [0.25, 0.3) is 0 Å². The highest BCUT2D eigenvalue weighted by Crippen LogP contribution is 2.32. The number of aromatic nitrogens is 4. The van der Waals surface area contributed by atoms with Crippen molar-refractivity contribution >= 4 is 23.4 Å². The van der Waals surface area contributed by atoms with E-state index in [1.54, 1.807) is 12.4 Å². The number of carbonyl (C=O) groups is 1. The van der Waals surface area contributed by atoms with Crippen molar-refractivity contribution in [1.29, 1.82) is 0 Å². The summed E-state index contributed by atoms with van der Waals surface area (Å²) in [6.45, 7) is 4.35. The van der Waals surface area contributed by atoms with Crippen molar-refractivity contribution in [3.63, 3.8) is 0 Å². The third-order valence-corrected chi connectivity index (χ3v) is 5.90. The van der Waals surface area contributed by atoms with Crippen LogP contribution in [0.3, 0.4) is 0 Å². The number of nitrogens with zero attached hydrogens (tertiary/aromatic N) is 4. The number of para-hydroxylation sites is 2. The second-order valence-electron chi connectivity index (χ2n) is 7.61. The molecule has 0 aliphatic carbocycles. The first kappa shape index (κ1) is 21.8. The molecule has 0 aliphatic rings. The van der Waals surface area contributed by atoms with Crippen LogP contribution in [-0.2, 0) is 4.79 Å². The molecule has 32 heavy (non-hydrogen) atoms. The Hall–Kier alpha value is -3.45. The second-order valence-corrected chi connectivity index (χ2v) is 8.67. The normalized spacial score (nSPS) is 11.0. The molecule has 4 rings (SSSR count). The van der Waals surface area contributed by atoms with Gasteiger partial charge in [0.15, 0.2) is 11.0 Å². The number of pyridine rings is 1. The van der Waals surface area contributed by atoms with Crippen LogP contribution in [0, 0.1) is 0 Å². The van der Waals surface area contributed by atoms with Gasteiger partial charge in [-0.2, -0.15) is 0 Å². The van der Waals surface area contributed by atoms with Crippen molar-refractivity contribution in [2.45, 2.75) is 31.3 Å². The summed E-state index contributed by atoms with van der Waals surface area (Å²) in [7, 11) is 0. The minimum atomic E-state index is -0.0233. The number of anilines is 1. The van der Waals surface area contributed by atoms with Crippen LogP contribution < -0.4 is 5.32 Å². The van der Waals surface area contributed by atoms with Crippen LogP contribution in [0.15, 0.2) is 84.3 Å². The Kier molecular flexibility index (Phi) is 6.97. The van der Waals surface area contributed by atoms with Crippen molar-refractivity contribution < 1.29 is 4.79 Å². The van der Waals surface area contributed by atoms with Crippen molar-refractivity contribution in [3.05, 3.63) is 84.7 Å².